The number of rotatable bonds is 8. The molecule has 0 radical (unpaired) electrons. The van der Waals surface area contributed by atoms with Crippen LogP contribution in [0.4, 0.5) is 5.69 Å². The molecule has 3 amide bonds. The van der Waals surface area contributed by atoms with Gasteiger partial charge in [-0.3, -0.25) is 14.4 Å². The molecule has 6 nitrogen and oxygen atoms in total. The van der Waals surface area contributed by atoms with Crippen LogP contribution in [-0.2, 0) is 9.59 Å². The first-order chi connectivity index (χ1) is 13.0. The molecule has 1 fully saturated rings. The Morgan fingerprint density at radius 2 is 1.85 bits per heavy atom. The molecule has 1 aromatic carbocycles. The summed E-state index contributed by atoms with van der Waals surface area (Å²) in [7, 11) is 0. The fraction of sp³-hybridized carbons (Fsp3) is 0.571. The summed E-state index contributed by atoms with van der Waals surface area (Å²) in [6.07, 6.45) is 5.07. The van der Waals surface area contributed by atoms with E-state index in [-0.39, 0.29) is 23.6 Å². The summed E-state index contributed by atoms with van der Waals surface area (Å²) in [6.45, 7) is 5.83. The first kappa shape index (κ1) is 20.9. The Morgan fingerprint density at radius 3 is 2.52 bits per heavy atom. The second kappa shape index (κ2) is 10.7. The minimum atomic E-state index is -0.0784. The number of nitrogens with zero attached hydrogens (tertiary/aromatic N) is 1. The normalized spacial score (nSPS) is 14.7. The number of unbranched alkanes of at least 4 members (excludes halogenated alkanes) is 2. The van der Waals surface area contributed by atoms with Gasteiger partial charge >= 0.3 is 0 Å². The average molecular weight is 373 g/mol. The van der Waals surface area contributed by atoms with E-state index in [4.69, 9.17) is 0 Å². The highest BCUT2D eigenvalue weighted by Crippen LogP contribution is 2.20. The summed E-state index contributed by atoms with van der Waals surface area (Å²) in [6, 6.07) is 7.02. The number of anilines is 1. The molecule has 2 rings (SSSR count). The first-order valence-electron chi connectivity index (χ1n) is 10.0. The van der Waals surface area contributed by atoms with Gasteiger partial charge in [0.05, 0.1) is 0 Å². The van der Waals surface area contributed by atoms with E-state index in [1.165, 1.54) is 0 Å². The van der Waals surface area contributed by atoms with Gasteiger partial charge in [0.2, 0.25) is 11.8 Å². The summed E-state index contributed by atoms with van der Waals surface area (Å²) in [5.41, 5.74) is 1.19. The standard InChI is InChI=1S/C21H31N3O3/c1-3-5-6-12-22-20(26)16-10-13-24(14-11-16)21(27)17-8-7-9-18(15-17)23-19(25)4-2/h7-9,15-16H,3-6,10-14H2,1-2H3,(H,22,26)(H,23,25). The van der Waals surface area contributed by atoms with Crippen molar-refractivity contribution in [2.75, 3.05) is 25.0 Å². The largest absolute Gasteiger partial charge is 0.356 e. The van der Waals surface area contributed by atoms with Gasteiger partial charge in [0.15, 0.2) is 0 Å². The lowest BCUT2D eigenvalue weighted by atomic mass is 9.95. The molecule has 1 saturated heterocycles. The molecule has 6 heteroatoms. The predicted molar refractivity (Wildman–Crippen MR) is 107 cm³/mol. The molecule has 2 N–H and O–H groups in total. The zero-order valence-corrected chi connectivity index (χ0v) is 16.4. The van der Waals surface area contributed by atoms with Crippen LogP contribution in [0, 0.1) is 5.92 Å². The number of hydrogen-bond donors (Lipinski definition) is 2. The summed E-state index contributed by atoms with van der Waals surface area (Å²) < 4.78 is 0. The van der Waals surface area contributed by atoms with Crippen molar-refractivity contribution in [3.05, 3.63) is 29.8 Å². The van der Waals surface area contributed by atoms with E-state index in [0.29, 0.717) is 43.6 Å². The maximum atomic E-state index is 12.7. The van der Waals surface area contributed by atoms with Crippen molar-refractivity contribution in [1.29, 1.82) is 0 Å². The molecule has 0 aliphatic carbocycles. The lowest BCUT2D eigenvalue weighted by Gasteiger charge is -2.31. The zero-order valence-electron chi connectivity index (χ0n) is 16.4. The molecular formula is C21H31N3O3. The third-order valence-electron chi connectivity index (χ3n) is 4.95. The van der Waals surface area contributed by atoms with Crippen LogP contribution in [0.3, 0.4) is 0 Å². The van der Waals surface area contributed by atoms with Crippen LogP contribution < -0.4 is 10.6 Å². The Labute approximate surface area is 161 Å². The van der Waals surface area contributed by atoms with Crippen molar-refractivity contribution in [2.24, 2.45) is 5.92 Å². The summed E-state index contributed by atoms with van der Waals surface area (Å²) in [4.78, 5) is 38.3. The van der Waals surface area contributed by atoms with Gasteiger partial charge in [0.25, 0.3) is 5.91 Å². The van der Waals surface area contributed by atoms with Gasteiger partial charge in [-0.15, -0.1) is 0 Å². The molecule has 27 heavy (non-hydrogen) atoms. The molecule has 0 spiro atoms. The van der Waals surface area contributed by atoms with Gasteiger partial charge in [-0.2, -0.15) is 0 Å². The predicted octanol–water partition coefficient (Wildman–Crippen LogP) is 3.19. The maximum absolute atomic E-state index is 12.7. The van der Waals surface area contributed by atoms with Crippen molar-refractivity contribution in [1.82, 2.24) is 10.2 Å². The summed E-state index contributed by atoms with van der Waals surface area (Å²) in [5, 5.41) is 5.79. The molecule has 1 heterocycles. The maximum Gasteiger partial charge on any atom is 0.253 e. The van der Waals surface area contributed by atoms with Crippen LogP contribution in [-0.4, -0.2) is 42.3 Å². The van der Waals surface area contributed by atoms with Gasteiger partial charge in [-0.25, -0.2) is 0 Å². The molecule has 0 atom stereocenters. The van der Waals surface area contributed by atoms with Crippen LogP contribution in [0.2, 0.25) is 0 Å². The van der Waals surface area contributed by atoms with Crippen molar-refractivity contribution < 1.29 is 14.4 Å². The Balaban J connectivity index is 1.85. The SMILES string of the molecule is CCCCCNC(=O)C1CCN(C(=O)c2cccc(NC(=O)CC)c2)CC1. The van der Waals surface area contributed by atoms with Gasteiger partial charge in [0.1, 0.15) is 0 Å². The van der Waals surface area contributed by atoms with E-state index < -0.39 is 0 Å². The Hall–Kier alpha value is -2.37. The van der Waals surface area contributed by atoms with Crippen LogP contribution in [0.1, 0.15) is 62.7 Å². The minimum absolute atomic E-state index is 0.00847. The monoisotopic (exact) mass is 373 g/mol. The molecular weight excluding hydrogens is 342 g/mol. The van der Waals surface area contributed by atoms with Crippen LogP contribution in [0.25, 0.3) is 0 Å². The van der Waals surface area contributed by atoms with Gasteiger partial charge in [-0.05, 0) is 37.5 Å². The Morgan fingerprint density at radius 1 is 1.11 bits per heavy atom. The van der Waals surface area contributed by atoms with Crippen LogP contribution in [0.5, 0.6) is 0 Å². The van der Waals surface area contributed by atoms with E-state index >= 15 is 0 Å². The lowest BCUT2D eigenvalue weighted by molar-refractivity contribution is -0.126. The highest BCUT2D eigenvalue weighted by atomic mass is 16.2. The quantitative estimate of drug-likeness (QED) is 0.687. The van der Waals surface area contributed by atoms with Crippen LogP contribution in [0.15, 0.2) is 24.3 Å². The second-order valence-corrected chi connectivity index (χ2v) is 7.05. The van der Waals surface area contributed by atoms with E-state index in [1.54, 1.807) is 36.1 Å². The summed E-state index contributed by atoms with van der Waals surface area (Å²) in [5.74, 6) is -0.0249. The lowest BCUT2D eigenvalue weighted by Crippen LogP contribution is -2.43. The molecule has 148 valence electrons. The molecule has 0 bridgehead atoms. The Bertz CT molecular complexity index is 652. The third-order valence-corrected chi connectivity index (χ3v) is 4.95. The molecule has 0 aromatic heterocycles. The minimum Gasteiger partial charge on any atom is -0.356 e. The van der Waals surface area contributed by atoms with Crippen molar-refractivity contribution in [2.45, 2.75) is 52.4 Å². The number of hydrogen-bond acceptors (Lipinski definition) is 3. The smallest absolute Gasteiger partial charge is 0.253 e. The molecule has 1 aliphatic heterocycles. The topological polar surface area (TPSA) is 78.5 Å². The number of nitrogens with one attached hydrogen (secondary N) is 2. The second-order valence-electron chi connectivity index (χ2n) is 7.05. The Kier molecular flexibility index (Phi) is 8.30. The number of carbonyl (C=O) groups excluding carboxylic acids is 3. The van der Waals surface area contributed by atoms with Crippen molar-refractivity contribution in [3.63, 3.8) is 0 Å². The van der Waals surface area contributed by atoms with Gasteiger partial charge in [0, 0.05) is 43.2 Å². The highest BCUT2D eigenvalue weighted by Gasteiger charge is 2.27. The number of piperidine rings is 1. The average Bonchev–Trinajstić information content (AvgIpc) is 2.70. The van der Waals surface area contributed by atoms with Crippen molar-refractivity contribution in [3.8, 4) is 0 Å². The fourth-order valence-corrected chi connectivity index (χ4v) is 3.24. The van der Waals surface area contributed by atoms with E-state index in [9.17, 15) is 14.4 Å². The fourth-order valence-electron chi connectivity index (χ4n) is 3.24. The van der Waals surface area contributed by atoms with E-state index in [0.717, 1.165) is 25.8 Å². The summed E-state index contributed by atoms with van der Waals surface area (Å²) >= 11 is 0. The molecule has 0 saturated carbocycles. The zero-order chi connectivity index (χ0) is 19.6. The van der Waals surface area contributed by atoms with Gasteiger partial charge in [-0.1, -0.05) is 32.8 Å². The van der Waals surface area contributed by atoms with Crippen LogP contribution >= 0.6 is 0 Å². The highest BCUT2D eigenvalue weighted by molar-refractivity contribution is 5.97. The third kappa shape index (κ3) is 6.38. The number of likely N-dealkylation sites (tertiary alicyclic amines) is 1. The van der Waals surface area contributed by atoms with Gasteiger partial charge < -0.3 is 15.5 Å². The number of amides is 3. The van der Waals surface area contributed by atoms with Crippen molar-refractivity contribution >= 4 is 23.4 Å². The first-order valence-corrected chi connectivity index (χ1v) is 10.0. The molecule has 0 unspecified atom stereocenters. The molecule has 1 aliphatic rings. The van der Waals surface area contributed by atoms with E-state index in [1.807, 2.05) is 0 Å². The molecule has 1 aromatic rings. The number of benzene rings is 1. The number of carbonyl (C=O) groups is 3. The van der Waals surface area contributed by atoms with E-state index in [2.05, 4.69) is 17.6 Å².